The molecule has 31 aromatic rings. The summed E-state index contributed by atoms with van der Waals surface area (Å²) in [4.78, 5) is 32.8. The number of para-hydroxylation sites is 5. The lowest BCUT2D eigenvalue weighted by molar-refractivity contribution is 0.666. The molecule has 0 aliphatic carbocycles. The van der Waals surface area contributed by atoms with E-state index in [1.54, 1.807) is 0 Å². The fourth-order valence-corrected chi connectivity index (χ4v) is 23.0. The van der Waals surface area contributed by atoms with Crippen molar-refractivity contribution in [2.75, 3.05) is 0 Å². The Morgan fingerprint density at radius 2 is 0.514 bits per heavy atom. The molecule has 0 aliphatic heterocycles. The van der Waals surface area contributed by atoms with E-state index in [0.717, 1.165) is 193 Å². The Morgan fingerprint density at radius 1 is 0.153 bits per heavy atom. The topological polar surface area (TPSA) is 123 Å². The fourth-order valence-electron chi connectivity index (χ4n) is 23.0. The molecule has 0 spiro atoms. The molecule has 0 saturated heterocycles. The van der Waals surface area contributed by atoms with E-state index >= 15 is 0 Å². The van der Waals surface area contributed by atoms with Gasteiger partial charge in [0.25, 0.3) is 0 Å². The van der Waals surface area contributed by atoms with E-state index in [9.17, 15) is 0 Å². The first kappa shape index (κ1) is 80.5. The number of hydrogen-bond donors (Lipinski definition) is 0. The van der Waals surface area contributed by atoms with Crippen molar-refractivity contribution in [1.82, 2.24) is 48.2 Å². The predicted molar refractivity (Wildman–Crippen MR) is 595 cm³/mol. The lowest BCUT2D eigenvalue weighted by atomic mass is 10.0. The number of nitrogens with zero attached hydrogens (tertiary/aromatic N) is 10. The van der Waals surface area contributed by atoms with Crippen LogP contribution in [0.25, 0.3) is 298 Å². The van der Waals surface area contributed by atoms with Crippen molar-refractivity contribution in [1.29, 1.82) is 0 Å². The molecule has 0 atom stereocenters. The zero-order valence-corrected chi connectivity index (χ0v) is 77.3. The molecule has 31 rings (SSSR count). The smallest absolute Gasteiger partial charge is 0.164 e. The molecule has 0 aliphatic rings. The molecule has 0 N–H and O–H groups in total. The number of aromatic nitrogens is 10. The maximum absolute atomic E-state index is 7.30. The minimum absolute atomic E-state index is 0.551. The summed E-state index contributed by atoms with van der Waals surface area (Å²) in [6.45, 7) is 0. The highest BCUT2D eigenvalue weighted by Crippen LogP contribution is 2.51. The Morgan fingerprint density at radius 3 is 1.10 bits per heavy atom. The Bertz CT molecular complexity index is 10800. The quantitative estimate of drug-likeness (QED) is 0.125. The van der Waals surface area contributed by atoms with Crippen LogP contribution in [-0.4, -0.2) is 48.2 Å². The molecule has 0 radical (unpaired) electrons. The van der Waals surface area contributed by atoms with Crippen molar-refractivity contribution in [3.8, 4) is 102 Å². The minimum Gasteiger partial charge on any atom is -0.454 e. The zero-order valence-electron chi connectivity index (χ0n) is 77.3. The van der Waals surface area contributed by atoms with Crippen LogP contribution in [0.1, 0.15) is 0 Å². The standard InChI is InChI=1S/C69H41N5O.C63H37N5O/c1-3-17-42(18-4-1)44-24-15-25-49(37-44)67-70-68(53-30-16-32-58-64(53)52-29-13-14-31-57(52)73(58)50-26-5-2-6-27-50)72-69(71-67)54-34-36-60(66-65(54)56-39-46-21-8-10-23-48(46)41-62(56)75-66)74-59-35-33-43-19-11-12-28-51(43)63(59)55-38-45-20-7-9-22-47(45)40-61(55)74;1-2-20-43(21-3-1)67-52-27-12-10-24-46(52)47-31-29-42(37-55(47)67)61-64-62(48-26-14-19-38-15-6-8-22-44(38)48)66-63(65-61)50-32-34-54(60-59(50)49-25-11-13-28-57(49)69-60)68-53-33-30-39-16-7-9-23-45(39)58(53)51-35-40-17-4-5-18-41(40)36-56(51)68/h1-41H;1-37H. The van der Waals surface area contributed by atoms with Crippen LogP contribution in [0.5, 0.6) is 0 Å². The van der Waals surface area contributed by atoms with Crippen molar-refractivity contribution in [2.45, 2.75) is 0 Å². The van der Waals surface area contributed by atoms with Crippen LogP contribution >= 0.6 is 0 Å². The van der Waals surface area contributed by atoms with E-state index in [0.29, 0.717) is 34.9 Å². The normalized spacial score (nSPS) is 12.0. The molecule has 0 saturated carbocycles. The van der Waals surface area contributed by atoms with Crippen molar-refractivity contribution >= 4 is 196 Å². The van der Waals surface area contributed by atoms with Gasteiger partial charge in [-0.2, -0.15) is 0 Å². The molecule has 0 unspecified atom stereocenters. The number of fused-ring (bicyclic) bond motifs is 26. The number of rotatable bonds is 11. The van der Waals surface area contributed by atoms with E-state index in [2.05, 4.69) is 479 Å². The van der Waals surface area contributed by atoms with E-state index in [1.165, 1.54) is 70.0 Å². The largest absolute Gasteiger partial charge is 0.454 e. The SMILES string of the molecule is c1ccc(-c2cccc(-c3nc(-c4ccc(-n5c6cc7ccccc7cc6c6c7ccccc7ccc65)c5oc6cc7ccccc7cc6c45)nc(-c4cccc5c4c4ccccc4n5-c4ccccc4)n3)c2)cc1.c1ccc(-n2c3ccccc3c3ccc(-c4nc(-c5cccc6ccccc56)nc(-c5ccc(-n6c7cc8ccccc8cc7c7c8ccccc8ccc76)c6oc7ccccc7c56)n4)cc32)cc1. The van der Waals surface area contributed by atoms with Crippen molar-refractivity contribution in [2.24, 2.45) is 0 Å². The Kier molecular flexibility index (Phi) is 17.9. The van der Waals surface area contributed by atoms with Gasteiger partial charge in [-0.05, 0) is 209 Å². The molecule has 0 fully saturated rings. The second-order valence-electron chi connectivity index (χ2n) is 37.4. The summed E-state index contributed by atoms with van der Waals surface area (Å²) in [5, 5.41) is 27.2. The van der Waals surface area contributed by atoms with Crippen molar-refractivity contribution in [3.05, 3.63) is 473 Å². The maximum Gasteiger partial charge on any atom is 0.164 e. The second-order valence-corrected chi connectivity index (χ2v) is 37.4. The number of hydrogen-bond acceptors (Lipinski definition) is 8. The summed E-state index contributed by atoms with van der Waals surface area (Å²) >= 11 is 0. The summed E-state index contributed by atoms with van der Waals surface area (Å²) in [5.41, 5.74) is 23.5. The maximum atomic E-state index is 7.30. The summed E-state index contributed by atoms with van der Waals surface area (Å²) < 4.78 is 23.8. The van der Waals surface area contributed by atoms with Crippen LogP contribution < -0.4 is 0 Å². The van der Waals surface area contributed by atoms with Crippen LogP contribution in [0.2, 0.25) is 0 Å². The number of furan rings is 2. The van der Waals surface area contributed by atoms with Crippen LogP contribution in [0, 0.1) is 0 Å². The molecular formula is C132H78N10O2. The third kappa shape index (κ3) is 12.6. The summed E-state index contributed by atoms with van der Waals surface area (Å²) in [5.74, 6) is 3.46. The number of benzene rings is 23. The van der Waals surface area contributed by atoms with Gasteiger partial charge in [0, 0.05) is 109 Å². The highest BCUT2D eigenvalue weighted by molar-refractivity contribution is 6.28. The first-order valence-corrected chi connectivity index (χ1v) is 48.8. The van der Waals surface area contributed by atoms with Crippen LogP contribution in [0.15, 0.2) is 482 Å². The fraction of sp³-hybridized carbons (Fsp3) is 0. The van der Waals surface area contributed by atoms with Gasteiger partial charge in [0.15, 0.2) is 46.1 Å². The third-order valence-electron chi connectivity index (χ3n) is 29.4. The lowest BCUT2D eigenvalue weighted by Crippen LogP contribution is -2.02. The molecule has 8 aromatic heterocycles. The van der Waals surface area contributed by atoms with Crippen LogP contribution in [-0.2, 0) is 0 Å². The first-order chi connectivity index (χ1) is 71.4. The monoisotopic (exact) mass is 1830 g/mol. The highest BCUT2D eigenvalue weighted by Gasteiger charge is 2.30. The Labute approximate surface area is 822 Å². The average Bonchev–Trinajstić information content (AvgIpc) is 1.55. The van der Waals surface area contributed by atoms with Gasteiger partial charge in [-0.15, -0.1) is 0 Å². The molecule has 12 heteroatoms. The lowest BCUT2D eigenvalue weighted by Gasteiger charge is -2.14. The van der Waals surface area contributed by atoms with Gasteiger partial charge in [-0.25, -0.2) is 29.9 Å². The first-order valence-electron chi connectivity index (χ1n) is 48.8. The van der Waals surface area contributed by atoms with Crippen molar-refractivity contribution in [3.63, 3.8) is 0 Å². The van der Waals surface area contributed by atoms with Gasteiger partial charge in [-0.1, -0.05) is 340 Å². The van der Waals surface area contributed by atoms with E-state index in [4.69, 9.17) is 38.7 Å². The van der Waals surface area contributed by atoms with E-state index < -0.39 is 0 Å². The Hall–Kier alpha value is -19.6. The van der Waals surface area contributed by atoms with Gasteiger partial charge >= 0.3 is 0 Å². The minimum atomic E-state index is 0.551. The molecule has 144 heavy (non-hydrogen) atoms. The van der Waals surface area contributed by atoms with Gasteiger partial charge in [0.2, 0.25) is 0 Å². The molecule has 8 heterocycles. The van der Waals surface area contributed by atoms with Gasteiger partial charge < -0.3 is 27.1 Å². The third-order valence-corrected chi connectivity index (χ3v) is 29.4. The van der Waals surface area contributed by atoms with Crippen LogP contribution in [0.4, 0.5) is 0 Å². The van der Waals surface area contributed by atoms with Crippen molar-refractivity contribution < 1.29 is 8.83 Å². The molecule has 0 amide bonds. The Balaban J connectivity index is 0.000000135. The summed E-state index contributed by atoms with van der Waals surface area (Å²) in [6.07, 6.45) is 0. The van der Waals surface area contributed by atoms with Gasteiger partial charge in [0.1, 0.15) is 11.2 Å². The molecule has 12 nitrogen and oxygen atoms in total. The van der Waals surface area contributed by atoms with E-state index in [1.807, 2.05) is 12.1 Å². The van der Waals surface area contributed by atoms with Crippen LogP contribution in [0.3, 0.4) is 0 Å². The molecule has 0 bridgehead atoms. The molecule has 23 aromatic carbocycles. The van der Waals surface area contributed by atoms with E-state index in [-0.39, 0.29) is 0 Å². The average molecular weight is 1840 g/mol. The summed E-state index contributed by atoms with van der Waals surface area (Å²) in [6, 6.07) is 168. The highest BCUT2D eigenvalue weighted by atomic mass is 16.3. The summed E-state index contributed by atoms with van der Waals surface area (Å²) in [7, 11) is 0. The predicted octanol–water partition coefficient (Wildman–Crippen LogP) is 34.5. The second kappa shape index (κ2) is 32.0. The van der Waals surface area contributed by atoms with Gasteiger partial charge in [0.05, 0.1) is 55.5 Å². The zero-order chi connectivity index (χ0) is 94.3. The molecule has 668 valence electrons. The van der Waals surface area contributed by atoms with Gasteiger partial charge in [-0.3, -0.25) is 0 Å². The molecular weight excluding hydrogens is 1760 g/mol.